The molecule has 204 valence electrons. The lowest BCUT2D eigenvalue weighted by atomic mass is 10.1. The maximum absolute atomic E-state index is 13.1. The lowest BCUT2D eigenvalue weighted by molar-refractivity contribution is -0.139. The van der Waals surface area contributed by atoms with E-state index in [-0.39, 0.29) is 12.7 Å². The standard InChI is InChI=1S/C29H26F3NO5S/c1-17(2)38-22-10-6-19(7-11-22)27-28(20-4-8-21(9-5-20)29(30,31)32)39-25(33-27)15-36-23-12-13-24(18(3)14-23)37-16-26(34)35/h4-14,17H,15-16H2,1-3H3,(H,34,35). The van der Waals surface area contributed by atoms with E-state index in [2.05, 4.69) is 0 Å². The van der Waals surface area contributed by atoms with Gasteiger partial charge >= 0.3 is 12.1 Å². The molecule has 0 radical (unpaired) electrons. The molecule has 0 aliphatic heterocycles. The smallest absolute Gasteiger partial charge is 0.416 e. The molecule has 4 rings (SSSR count). The molecule has 0 amide bonds. The lowest BCUT2D eigenvalue weighted by Gasteiger charge is -2.10. The SMILES string of the molecule is Cc1cc(OCc2nc(-c3ccc(OC(C)C)cc3)c(-c3ccc(C(F)(F)F)cc3)s2)ccc1OCC(=O)O. The van der Waals surface area contributed by atoms with E-state index in [4.69, 9.17) is 24.3 Å². The van der Waals surface area contributed by atoms with Crippen molar-refractivity contribution < 1.29 is 37.3 Å². The van der Waals surface area contributed by atoms with E-state index >= 15 is 0 Å². The summed E-state index contributed by atoms with van der Waals surface area (Å²) < 4.78 is 56.3. The Balaban J connectivity index is 1.61. The minimum absolute atomic E-state index is 0.0167. The Labute approximate surface area is 227 Å². The lowest BCUT2D eigenvalue weighted by Crippen LogP contribution is -2.10. The highest BCUT2D eigenvalue weighted by Crippen LogP contribution is 2.39. The number of benzene rings is 3. The Bertz CT molecular complexity index is 1430. The van der Waals surface area contributed by atoms with Crippen molar-refractivity contribution in [3.05, 3.63) is 82.9 Å². The molecule has 10 heteroatoms. The number of rotatable bonds is 10. The van der Waals surface area contributed by atoms with Crippen molar-refractivity contribution in [3.63, 3.8) is 0 Å². The highest BCUT2D eigenvalue weighted by molar-refractivity contribution is 7.15. The number of halogens is 3. The van der Waals surface area contributed by atoms with Crippen LogP contribution in [0.25, 0.3) is 21.7 Å². The highest BCUT2D eigenvalue weighted by atomic mass is 32.1. The van der Waals surface area contributed by atoms with Crippen LogP contribution in [0.2, 0.25) is 0 Å². The second-order valence-corrected chi connectivity index (χ2v) is 10.0. The second kappa shape index (κ2) is 11.8. The van der Waals surface area contributed by atoms with Crippen LogP contribution in [-0.2, 0) is 17.6 Å². The van der Waals surface area contributed by atoms with Crippen LogP contribution >= 0.6 is 11.3 Å². The zero-order chi connectivity index (χ0) is 28.2. The number of aryl methyl sites for hydroxylation is 1. The molecule has 39 heavy (non-hydrogen) atoms. The predicted molar refractivity (Wildman–Crippen MR) is 142 cm³/mol. The van der Waals surface area contributed by atoms with E-state index in [0.717, 1.165) is 17.7 Å². The van der Waals surface area contributed by atoms with Gasteiger partial charge in [0, 0.05) is 5.56 Å². The van der Waals surface area contributed by atoms with Gasteiger partial charge in [-0.1, -0.05) is 12.1 Å². The predicted octanol–water partition coefficient (Wildman–Crippen LogP) is 7.63. The number of hydrogen-bond acceptors (Lipinski definition) is 6. The number of carboxylic acid groups (broad SMARTS) is 1. The van der Waals surface area contributed by atoms with Gasteiger partial charge < -0.3 is 19.3 Å². The molecule has 0 unspecified atom stereocenters. The number of aliphatic carboxylic acids is 1. The van der Waals surface area contributed by atoms with Crippen LogP contribution in [0.15, 0.2) is 66.7 Å². The van der Waals surface area contributed by atoms with Crippen LogP contribution in [-0.4, -0.2) is 28.8 Å². The molecular formula is C29H26F3NO5S. The third kappa shape index (κ3) is 7.29. The maximum Gasteiger partial charge on any atom is 0.416 e. The minimum Gasteiger partial charge on any atom is -0.491 e. The summed E-state index contributed by atoms with van der Waals surface area (Å²) >= 11 is 1.34. The van der Waals surface area contributed by atoms with Crippen molar-refractivity contribution in [2.45, 2.75) is 39.7 Å². The fourth-order valence-electron chi connectivity index (χ4n) is 3.75. The quantitative estimate of drug-likeness (QED) is 0.216. The first-order valence-electron chi connectivity index (χ1n) is 12.0. The van der Waals surface area contributed by atoms with Crippen LogP contribution in [0.4, 0.5) is 13.2 Å². The Hall–Kier alpha value is -4.05. The van der Waals surface area contributed by atoms with Gasteiger partial charge in [0.05, 0.1) is 22.2 Å². The summed E-state index contributed by atoms with van der Waals surface area (Å²) in [6.07, 6.45) is -4.41. The van der Waals surface area contributed by atoms with E-state index in [1.807, 2.05) is 38.1 Å². The van der Waals surface area contributed by atoms with Gasteiger partial charge in [-0.15, -0.1) is 11.3 Å². The van der Waals surface area contributed by atoms with Gasteiger partial charge in [0.1, 0.15) is 28.9 Å². The van der Waals surface area contributed by atoms with E-state index in [0.29, 0.717) is 44.0 Å². The number of hydrogen-bond donors (Lipinski definition) is 1. The summed E-state index contributed by atoms with van der Waals surface area (Å²) in [5.41, 5.74) is 2.02. The molecule has 6 nitrogen and oxygen atoms in total. The first-order chi connectivity index (χ1) is 18.5. The van der Waals surface area contributed by atoms with Gasteiger partial charge in [-0.25, -0.2) is 9.78 Å². The number of carboxylic acids is 1. The number of thiazole rings is 1. The van der Waals surface area contributed by atoms with Gasteiger partial charge in [0.15, 0.2) is 6.61 Å². The molecule has 0 aliphatic rings. The molecule has 3 aromatic carbocycles. The summed E-state index contributed by atoms with van der Waals surface area (Å²) in [6.45, 7) is 5.33. The highest BCUT2D eigenvalue weighted by Gasteiger charge is 2.30. The summed E-state index contributed by atoms with van der Waals surface area (Å²) in [4.78, 5) is 16.2. The fraction of sp³-hybridized carbons (Fsp3) is 0.241. The van der Waals surface area contributed by atoms with Crippen molar-refractivity contribution in [1.82, 2.24) is 4.98 Å². The van der Waals surface area contributed by atoms with Crippen LogP contribution in [0.5, 0.6) is 17.2 Å². The first-order valence-corrected chi connectivity index (χ1v) is 12.8. The van der Waals surface area contributed by atoms with Crippen molar-refractivity contribution in [3.8, 4) is 38.9 Å². The summed E-state index contributed by atoms with van der Waals surface area (Å²) in [5.74, 6) is 0.615. The van der Waals surface area contributed by atoms with Crippen LogP contribution in [0, 0.1) is 6.92 Å². The monoisotopic (exact) mass is 557 g/mol. The molecule has 0 aliphatic carbocycles. The first kappa shape index (κ1) is 28.0. The number of aromatic nitrogens is 1. The number of ether oxygens (including phenoxy) is 3. The molecule has 4 aromatic rings. The van der Waals surface area contributed by atoms with E-state index < -0.39 is 24.3 Å². The zero-order valence-electron chi connectivity index (χ0n) is 21.4. The average molecular weight is 558 g/mol. The van der Waals surface area contributed by atoms with Crippen LogP contribution in [0.1, 0.15) is 30.0 Å². The topological polar surface area (TPSA) is 77.9 Å². The van der Waals surface area contributed by atoms with Crippen molar-refractivity contribution in [2.24, 2.45) is 0 Å². The van der Waals surface area contributed by atoms with Crippen molar-refractivity contribution in [2.75, 3.05) is 6.61 Å². The molecular weight excluding hydrogens is 531 g/mol. The third-order valence-corrected chi connectivity index (χ3v) is 6.58. The molecule has 0 bridgehead atoms. The van der Waals surface area contributed by atoms with Crippen molar-refractivity contribution >= 4 is 17.3 Å². The maximum atomic E-state index is 13.1. The third-order valence-electron chi connectivity index (χ3n) is 5.51. The van der Waals surface area contributed by atoms with Crippen LogP contribution in [0.3, 0.4) is 0 Å². The fourth-order valence-corrected chi connectivity index (χ4v) is 4.75. The Morgan fingerprint density at radius 1 is 0.949 bits per heavy atom. The molecule has 1 aromatic heterocycles. The molecule has 0 atom stereocenters. The number of carbonyl (C=O) groups is 1. The zero-order valence-corrected chi connectivity index (χ0v) is 22.2. The molecule has 0 fully saturated rings. The van der Waals surface area contributed by atoms with Crippen LogP contribution < -0.4 is 14.2 Å². The van der Waals surface area contributed by atoms with Crippen molar-refractivity contribution in [1.29, 1.82) is 0 Å². The summed E-state index contributed by atoms with van der Waals surface area (Å²) in [6, 6.07) is 17.4. The summed E-state index contributed by atoms with van der Waals surface area (Å²) in [5, 5.41) is 9.44. The molecule has 0 saturated heterocycles. The molecule has 1 heterocycles. The Kier molecular flexibility index (Phi) is 8.44. The largest absolute Gasteiger partial charge is 0.491 e. The van der Waals surface area contributed by atoms with Gasteiger partial charge in [0.25, 0.3) is 0 Å². The van der Waals surface area contributed by atoms with Gasteiger partial charge in [-0.05, 0) is 86.5 Å². The molecule has 0 saturated carbocycles. The van der Waals surface area contributed by atoms with E-state index in [9.17, 15) is 18.0 Å². The molecule has 1 N–H and O–H groups in total. The van der Waals surface area contributed by atoms with Gasteiger partial charge in [-0.3, -0.25) is 0 Å². The Morgan fingerprint density at radius 3 is 2.18 bits per heavy atom. The van der Waals surface area contributed by atoms with Gasteiger partial charge in [0.2, 0.25) is 0 Å². The Morgan fingerprint density at radius 2 is 1.59 bits per heavy atom. The van der Waals surface area contributed by atoms with E-state index in [1.54, 1.807) is 25.1 Å². The van der Waals surface area contributed by atoms with Gasteiger partial charge in [-0.2, -0.15) is 13.2 Å². The normalized spacial score (nSPS) is 11.5. The second-order valence-electron chi connectivity index (χ2n) is 8.95. The average Bonchev–Trinajstić information content (AvgIpc) is 3.31. The number of alkyl halides is 3. The minimum atomic E-state index is -4.42. The number of nitrogens with zero attached hydrogens (tertiary/aromatic N) is 1. The van der Waals surface area contributed by atoms with E-state index in [1.165, 1.54) is 23.5 Å². The molecule has 0 spiro atoms. The summed E-state index contributed by atoms with van der Waals surface area (Å²) in [7, 11) is 0.